The van der Waals surface area contributed by atoms with Gasteiger partial charge in [0.05, 0.1) is 11.2 Å². The molecule has 0 amide bonds. The summed E-state index contributed by atoms with van der Waals surface area (Å²) in [5.74, 6) is 0. The molecular formula is C54H35NO. The summed E-state index contributed by atoms with van der Waals surface area (Å²) in [6.45, 7) is 4.73. The molecule has 0 radical (unpaired) electrons. The van der Waals surface area contributed by atoms with Crippen LogP contribution < -0.4 is 0 Å². The molecule has 56 heavy (non-hydrogen) atoms. The summed E-state index contributed by atoms with van der Waals surface area (Å²) < 4.78 is 6.55. The van der Waals surface area contributed by atoms with Gasteiger partial charge in [0.25, 0.3) is 0 Å². The molecule has 12 rings (SSSR count). The van der Waals surface area contributed by atoms with Crippen LogP contribution in [0.15, 0.2) is 180 Å². The number of hydrogen-bond acceptors (Lipinski definition) is 2. The van der Waals surface area contributed by atoms with Gasteiger partial charge in [-0.05, 0) is 119 Å². The van der Waals surface area contributed by atoms with Crippen LogP contribution in [0.1, 0.15) is 25.0 Å². The van der Waals surface area contributed by atoms with Gasteiger partial charge in [-0.25, -0.2) is 4.98 Å². The first-order valence-electron chi connectivity index (χ1n) is 19.5. The lowest BCUT2D eigenvalue weighted by molar-refractivity contribution is 0.661. The van der Waals surface area contributed by atoms with Crippen molar-refractivity contribution in [2.75, 3.05) is 0 Å². The number of hydrogen-bond donors (Lipinski definition) is 0. The van der Waals surface area contributed by atoms with Crippen LogP contribution in [0.4, 0.5) is 0 Å². The zero-order valence-corrected chi connectivity index (χ0v) is 31.1. The monoisotopic (exact) mass is 713 g/mol. The summed E-state index contributed by atoms with van der Waals surface area (Å²) in [6, 6.07) is 64.0. The minimum absolute atomic E-state index is 0.0997. The Kier molecular flexibility index (Phi) is 6.43. The molecule has 0 fully saturated rings. The van der Waals surface area contributed by atoms with E-state index >= 15 is 0 Å². The number of nitrogens with zero attached hydrogens (tertiary/aromatic N) is 1. The predicted molar refractivity (Wildman–Crippen MR) is 235 cm³/mol. The number of furan rings is 1. The molecule has 262 valence electrons. The Bertz CT molecular complexity index is 3400. The van der Waals surface area contributed by atoms with Gasteiger partial charge in [0.1, 0.15) is 11.2 Å². The zero-order valence-electron chi connectivity index (χ0n) is 31.1. The molecule has 0 N–H and O–H groups in total. The van der Waals surface area contributed by atoms with Crippen molar-refractivity contribution in [2.45, 2.75) is 19.3 Å². The van der Waals surface area contributed by atoms with Crippen LogP contribution in [0.5, 0.6) is 0 Å². The molecule has 0 saturated heterocycles. The lowest BCUT2D eigenvalue weighted by Gasteiger charge is -2.23. The van der Waals surface area contributed by atoms with Gasteiger partial charge >= 0.3 is 0 Å². The van der Waals surface area contributed by atoms with Crippen molar-refractivity contribution < 1.29 is 4.42 Å². The van der Waals surface area contributed by atoms with Crippen LogP contribution in [0.25, 0.3) is 110 Å². The molecule has 1 aliphatic carbocycles. The largest absolute Gasteiger partial charge is 0.456 e. The topological polar surface area (TPSA) is 26.0 Å². The molecule has 0 saturated carbocycles. The van der Waals surface area contributed by atoms with E-state index in [0.29, 0.717) is 0 Å². The smallest absolute Gasteiger partial charge is 0.135 e. The highest BCUT2D eigenvalue weighted by Crippen LogP contribution is 2.53. The van der Waals surface area contributed by atoms with E-state index in [4.69, 9.17) is 9.40 Å². The summed E-state index contributed by atoms with van der Waals surface area (Å²) in [5, 5.41) is 10.7. The Morgan fingerprint density at radius 3 is 1.66 bits per heavy atom. The molecule has 11 aromatic rings. The van der Waals surface area contributed by atoms with Crippen molar-refractivity contribution in [3.8, 4) is 44.6 Å². The number of aromatic nitrogens is 1. The molecule has 0 spiro atoms. The molecule has 0 bridgehead atoms. The second-order valence-corrected chi connectivity index (χ2v) is 15.8. The molecule has 2 heteroatoms. The van der Waals surface area contributed by atoms with Crippen molar-refractivity contribution in [3.05, 3.63) is 187 Å². The van der Waals surface area contributed by atoms with Crippen molar-refractivity contribution in [1.29, 1.82) is 0 Å². The van der Waals surface area contributed by atoms with Crippen molar-refractivity contribution in [1.82, 2.24) is 4.98 Å². The fourth-order valence-electron chi connectivity index (χ4n) is 9.81. The van der Waals surface area contributed by atoms with Crippen LogP contribution in [-0.2, 0) is 5.41 Å². The van der Waals surface area contributed by atoms with Crippen LogP contribution in [0.3, 0.4) is 0 Å². The van der Waals surface area contributed by atoms with E-state index < -0.39 is 0 Å². The van der Waals surface area contributed by atoms with E-state index in [9.17, 15) is 0 Å². The summed E-state index contributed by atoms with van der Waals surface area (Å²) in [7, 11) is 0. The quantitative estimate of drug-likeness (QED) is 0.170. The van der Waals surface area contributed by atoms with Crippen LogP contribution in [0.2, 0.25) is 0 Å². The number of para-hydroxylation sites is 1. The highest BCUT2D eigenvalue weighted by Gasteiger charge is 2.37. The molecule has 2 aromatic heterocycles. The maximum atomic E-state index is 6.55. The standard InChI is InChI=1S/C54H35NO/c1-54(2)45-21-11-10-20-41(45)52-36-15-5-4-14-35(36)42(31-46(52)54)33-24-27-49-43(29-33)44-30-34(25-28-50(44)56-49)51-37-16-6-8-18-39(37)53(40-19-9-7-17-38(40)51)48-26-23-32-13-3-12-22-47(32)55-48/h3-31H,1-2H3. The first-order chi connectivity index (χ1) is 27.5. The van der Waals surface area contributed by atoms with E-state index in [1.165, 1.54) is 76.8 Å². The van der Waals surface area contributed by atoms with E-state index in [-0.39, 0.29) is 5.41 Å². The molecule has 0 aliphatic heterocycles. The normalized spacial score (nSPS) is 13.3. The van der Waals surface area contributed by atoms with Crippen molar-refractivity contribution >= 4 is 65.2 Å². The maximum absolute atomic E-state index is 6.55. The third-order valence-corrected chi connectivity index (χ3v) is 12.4. The van der Waals surface area contributed by atoms with Gasteiger partial charge in [-0.1, -0.05) is 147 Å². The van der Waals surface area contributed by atoms with Crippen molar-refractivity contribution in [3.63, 3.8) is 0 Å². The van der Waals surface area contributed by atoms with Crippen LogP contribution in [-0.4, -0.2) is 4.98 Å². The van der Waals surface area contributed by atoms with E-state index in [2.05, 4.69) is 190 Å². The molecule has 1 aliphatic rings. The highest BCUT2D eigenvalue weighted by molar-refractivity contribution is 6.22. The van der Waals surface area contributed by atoms with Crippen LogP contribution >= 0.6 is 0 Å². The molecule has 2 nitrogen and oxygen atoms in total. The Hall–Kier alpha value is -7.03. The van der Waals surface area contributed by atoms with Gasteiger partial charge in [-0.3, -0.25) is 0 Å². The van der Waals surface area contributed by atoms with Crippen molar-refractivity contribution in [2.24, 2.45) is 0 Å². The van der Waals surface area contributed by atoms with E-state index in [1.807, 2.05) is 0 Å². The summed E-state index contributed by atoms with van der Waals surface area (Å²) in [4.78, 5) is 5.19. The lowest BCUT2D eigenvalue weighted by Crippen LogP contribution is -2.15. The predicted octanol–water partition coefficient (Wildman–Crippen LogP) is 14.9. The maximum Gasteiger partial charge on any atom is 0.135 e. The van der Waals surface area contributed by atoms with Gasteiger partial charge in [-0.2, -0.15) is 0 Å². The van der Waals surface area contributed by atoms with Gasteiger partial charge in [0, 0.05) is 27.1 Å². The minimum atomic E-state index is -0.0997. The third kappa shape index (κ3) is 4.36. The molecule has 0 atom stereocenters. The fourth-order valence-corrected chi connectivity index (χ4v) is 9.81. The second-order valence-electron chi connectivity index (χ2n) is 15.8. The summed E-state index contributed by atoms with van der Waals surface area (Å²) in [5.41, 5.74) is 15.2. The summed E-state index contributed by atoms with van der Waals surface area (Å²) >= 11 is 0. The second kappa shape index (κ2) is 11.5. The van der Waals surface area contributed by atoms with Crippen LogP contribution in [0, 0.1) is 0 Å². The summed E-state index contributed by atoms with van der Waals surface area (Å²) in [6.07, 6.45) is 0. The van der Waals surface area contributed by atoms with E-state index in [0.717, 1.165) is 44.1 Å². The highest BCUT2D eigenvalue weighted by atomic mass is 16.3. The number of benzene rings is 9. The Balaban J connectivity index is 1.08. The number of rotatable bonds is 3. The Morgan fingerprint density at radius 1 is 0.393 bits per heavy atom. The minimum Gasteiger partial charge on any atom is -0.456 e. The molecule has 0 unspecified atom stereocenters. The molecule has 2 heterocycles. The number of pyridine rings is 1. The van der Waals surface area contributed by atoms with E-state index in [1.54, 1.807) is 0 Å². The average molecular weight is 714 g/mol. The van der Waals surface area contributed by atoms with Gasteiger partial charge in [0.2, 0.25) is 0 Å². The Labute approximate surface area is 324 Å². The number of fused-ring (bicyclic) bond motifs is 11. The third-order valence-electron chi connectivity index (χ3n) is 12.4. The average Bonchev–Trinajstić information content (AvgIpc) is 3.73. The van der Waals surface area contributed by atoms with Gasteiger partial charge < -0.3 is 4.42 Å². The Morgan fingerprint density at radius 2 is 0.946 bits per heavy atom. The fraction of sp³-hybridized carbons (Fsp3) is 0.0556. The first kappa shape index (κ1) is 31.3. The first-order valence-corrected chi connectivity index (χ1v) is 19.5. The SMILES string of the molecule is CC1(C)c2ccccc2-c2c1cc(-c1ccc3oc4ccc(-c5c6ccccc6c(-c6ccc7ccccc7n6)c6ccccc56)cc4c3c1)c1ccccc21. The van der Waals surface area contributed by atoms with Gasteiger partial charge in [-0.15, -0.1) is 0 Å². The zero-order chi connectivity index (χ0) is 37.1. The molecular weight excluding hydrogens is 679 g/mol. The lowest BCUT2D eigenvalue weighted by atomic mass is 9.80. The molecule has 9 aromatic carbocycles. The van der Waals surface area contributed by atoms with Gasteiger partial charge in [0.15, 0.2) is 0 Å².